The Kier molecular flexibility index (Phi) is 4.00. The fourth-order valence-corrected chi connectivity index (χ4v) is 1.39. The third-order valence-corrected chi connectivity index (χ3v) is 1.96. The molecule has 92 valence electrons. The maximum Gasteiger partial charge on any atom is 0.332 e. The number of aromatic nitrogens is 1. The summed E-state index contributed by atoms with van der Waals surface area (Å²) in [6, 6.07) is 1.70. The Bertz CT molecular complexity index is 459. The van der Waals surface area contributed by atoms with E-state index in [1.54, 1.807) is 19.9 Å². The summed E-state index contributed by atoms with van der Waals surface area (Å²) in [7, 11) is 0. The predicted octanol–water partition coefficient (Wildman–Crippen LogP) is 0.225. The van der Waals surface area contributed by atoms with Crippen LogP contribution in [0.2, 0.25) is 0 Å². The molecule has 4 N–H and O–H groups in total. The monoisotopic (exact) mass is 239 g/mol. The molecule has 7 nitrogen and oxygen atoms in total. The molecule has 1 aromatic heterocycles. The summed E-state index contributed by atoms with van der Waals surface area (Å²) in [6.07, 6.45) is 0. The molecular weight excluding hydrogens is 226 g/mol. The summed E-state index contributed by atoms with van der Waals surface area (Å²) in [5.74, 6) is -1.67. The van der Waals surface area contributed by atoms with E-state index in [0.29, 0.717) is 11.3 Å². The van der Waals surface area contributed by atoms with Gasteiger partial charge in [-0.1, -0.05) is 0 Å². The van der Waals surface area contributed by atoms with E-state index < -0.39 is 18.5 Å². The van der Waals surface area contributed by atoms with Crippen LogP contribution in [0.5, 0.6) is 0 Å². The van der Waals surface area contributed by atoms with Gasteiger partial charge in [-0.25, -0.2) is 15.3 Å². The highest BCUT2D eigenvalue weighted by Crippen LogP contribution is 2.17. The van der Waals surface area contributed by atoms with Crippen LogP contribution in [0, 0.1) is 13.8 Å². The van der Waals surface area contributed by atoms with Crippen molar-refractivity contribution in [3.63, 3.8) is 0 Å². The maximum atomic E-state index is 11.2. The van der Waals surface area contributed by atoms with Gasteiger partial charge >= 0.3 is 5.97 Å². The van der Waals surface area contributed by atoms with E-state index in [0.717, 1.165) is 0 Å². The third-order valence-electron chi connectivity index (χ3n) is 1.96. The first kappa shape index (κ1) is 12.9. The van der Waals surface area contributed by atoms with Crippen LogP contribution in [0.3, 0.4) is 0 Å². The summed E-state index contributed by atoms with van der Waals surface area (Å²) in [4.78, 5) is 30.2. The van der Waals surface area contributed by atoms with Gasteiger partial charge in [0.15, 0.2) is 12.4 Å². The predicted molar refractivity (Wildman–Crippen MR) is 59.4 cm³/mol. The van der Waals surface area contributed by atoms with E-state index in [-0.39, 0.29) is 11.4 Å². The minimum absolute atomic E-state index is 0.122. The smallest absolute Gasteiger partial charge is 0.332 e. The zero-order valence-electron chi connectivity index (χ0n) is 9.48. The Morgan fingerprint density at radius 3 is 2.71 bits per heavy atom. The van der Waals surface area contributed by atoms with E-state index in [4.69, 9.17) is 10.8 Å². The first-order valence-corrected chi connectivity index (χ1v) is 4.79. The Labute approximate surface area is 97.6 Å². The molecule has 0 radical (unpaired) electrons. The van der Waals surface area contributed by atoms with Crippen molar-refractivity contribution in [3.8, 4) is 0 Å². The van der Waals surface area contributed by atoms with Crippen molar-refractivity contribution in [1.82, 2.24) is 4.98 Å². The molecule has 0 bridgehead atoms. The van der Waals surface area contributed by atoms with Crippen molar-refractivity contribution in [2.45, 2.75) is 13.8 Å². The summed E-state index contributed by atoms with van der Waals surface area (Å²) >= 11 is 0. The molecule has 0 aliphatic heterocycles. The van der Waals surface area contributed by atoms with Gasteiger partial charge in [0.05, 0.1) is 5.56 Å². The number of anilines is 1. The van der Waals surface area contributed by atoms with E-state index >= 15 is 0 Å². The number of pyridine rings is 1. The second-order valence-corrected chi connectivity index (χ2v) is 3.45. The quantitative estimate of drug-likeness (QED) is 0.633. The molecule has 0 atom stereocenters. The number of carbonyl (C=O) groups is 2. The maximum absolute atomic E-state index is 11.2. The van der Waals surface area contributed by atoms with Crippen LogP contribution >= 0.6 is 0 Å². The van der Waals surface area contributed by atoms with Crippen molar-refractivity contribution in [2.24, 2.45) is 5.73 Å². The SMILES string of the molecule is Cc1cc(C)c(C(N)=O)c(NOCC(=O)O)n1. The number of nitrogens with two attached hydrogens (primary N) is 1. The van der Waals surface area contributed by atoms with Crippen LogP contribution in [0.4, 0.5) is 5.82 Å². The molecule has 1 aromatic rings. The summed E-state index contributed by atoms with van der Waals surface area (Å²) in [6.45, 7) is 2.89. The first-order valence-electron chi connectivity index (χ1n) is 4.79. The van der Waals surface area contributed by atoms with E-state index in [2.05, 4.69) is 15.3 Å². The third kappa shape index (κ3) is 3.42. The standard InChI is InChI=1S/C10H13N3O4/c1-5-3-6(2)12-10(8(5)9(11)16)13-17-4-7(14)15/h3H,4H2,1-2H3,(H2,11,16)(H,12,13)(H,14,15). The topological polar surface area (TPSA) is 115 Å². The largest absolute Gasteiger partial charge is 0.479 e. The molecule has 0 fully saturated rings. The Hall–Kier alpha value is -2.15. The number of carboxylic acid groups (broad SMARTS) is 1. The average Bonchev–Trinajstić information content (AvgIpc) is 2.14. The number of rotatable bonds is 5. The highest BCUT2D eigenvalue weighted by Gasteiger charge is 2.14. The van der Waals surface area contributed by atoms with Crippen LogP contribution in [0.1, 0.15) is 21.6 Å². The number of hydrogen-bond acceptors (Lipinski definition) is 5. The number of nitrogens with one attached hydrogen (secondary N) is 1. The second-order valence-electron chi connectivity index (χ2n) is 3.45. The van der Waals surface area contributed by atoms with E-state index in [9.17, 15) is 9.59 Å². The number of primary amides is 1. The fraction of sp³-hybridized carbons (Fsp3) is 0.300. The van der Waals surface area contributed by atoms with Gasteiger partial charge in [-0.2, -0.15) is 0 Å². The Balaban J connectivity index is 2.96. The Morgan fingerprint density at radius 2 is 2.18 bits per heavy atom. The van der Waals surface area contributed by atoms with E-state index in [1.807, 2.05) is 0 Å². The normalized spacial score (nSPS) is 10.0. The Morgan fingerprint density at radius 1 is 1.53 bits per heavy atom. The lowest BCUT2D eigenvalue weighted by Crippen LogP contribution is -2.19. The lowest BCUT2D eigenvalue weighted by atomic mass is 10.1. The zero-order valence-corrected chi connectivity index (χ0v) is 9.48. The van der Waals surface area contributed by atoms with Crippen molar-refractivity contribution in [3.05, 3.63) is 22.9 Å². The molecule has 0 saturated carbocycles. The molecule has 0 aliphatic carbocycles. The molecule has 17 heavy (non-hydrogen) atoms. The lowest BCUT2D eigenvalue weighted by molar-refractivity contribution is -0.141. The first-order chi connectivity index (χ1) is 7.91. The number of hydrogen-bond donors (Lipinski definition) is 3. The summed E-state index contributed by atoms with van der Waals surface area (Å²) in [5, 5.41) is 8.40. The van der Waals surface area contributed by atoms with Crippen LogP contribution in [0.25, 0.3) is 0 Å². The van der Waals surface area contributed by atoms with Gasteiger partial charge in [0.2, 0.25) is 0 Å². The number of carbonyl (C=O) groups excluding carboxylic acids is 1. The van der Waals surface area contributed by atoms with Gasteiger partial charge in [-0.05, 0) is 25.5 Å². The number of amides is 1. The van der Waals surface area contributed by atoms with Crippen LogP contribution in [-0.4, -0.2) is 28.6 Å². The highest BCUT2D eigenvalue weighted by molar-refractivity contribution is 5.98. The summed E-state index contributed by atoms with van der Waals surface area (Å²) in [5.41, 5.74) is 9.01. The molecule has 1 rings (SSSR count). The minimum atomic E-state index is -1.14. The van der Waals surface area contributed by atoms with Gasteiger partial charge in [0.1, 0.15) is 0 Å². The van der Waals surface area contributed by atoms with Gasteiger partial charge in [-0.15, -0.1) is 0 Å². The molecule has 1 amide bonds. The molecule has 0 saturated heterocycles. The number of carboxylic acids is 1. The van der Waals surface area contributed by atoms with Crippen molar-refractivity contribution >= 4 is 17.7 Å². The second kappa shape index (κ2) is 5.26. The van der Waals surface area contributed by atoms with Crippen molar-refractivity contribution < 1.29 is 19.5 Å². The zero-order chi connectivity index (χ0) is 13.0. The molecule has 0 unspecified atom stereocenters. The van der Waals surface area contributed by atoms with Gasteiger partial charge in [0.25, 0.3) is 5.91 Å². The van der Waals surface area contributed by atoms with Crippen molar-refractivity contribution in [1.29, 1.82) is 0 Å². The molecule has 0 spiro atoms. The van der Waals surface area contributed by atoms with Gasteiger partial charge < -0.3 is 10.8 Å². The molecule has 0 aromatic carbocycles. The highest BCUT2D eigenvalue weighted by atomic mass is 16.7. The van der Waals surface area contributed by atoms with Gasteiger partial charge in [-0.3, -0.25) is 9.63 Å². The molecule has 1 heterocycles. The van der Waals surface area contributed by atoms with Crippen LogP contribution in [0.15, 0.2) is 6.07 Å². The van der Waals surface area contributed by atoms with E-state index in [1.165, 1.54) is 0 Å². The molecular formula is C10H13N3O4. The average molecular weight is 239 g/mol. The lowest BCUT2D eigenvalue weighted by Gasteiger charge is -2.11. The van der Waals surface area contributed by atoms with Crippen LogP contribution < -0.4 is 11.2 Å². The van der Waals surface area contributed by atoms with Gasteiger partial charge in [0, 0.05) is 5.69 Å². The molecule has 7 heteroatoms. The fourth-order valence-electron chi connectivity index (χ4n) is 1.39. The minimum Gasteiger partial charge on any atom is -0.479 e. The number of nitrogens with zero attached hydrogens (tertiary/aromatic N) is 1. The van der Waals surface area contributed by atoms with Crippen LogP contribution in [-0.2, 0) is 9.63 Å². The number of aliphatic carboxylic acids is 1. The molecule has 0 aliphatic rings. The summed E-state index contributed by atoms with van der Waals surface area (Å²) < 4.78 is 0. The van der Waals surface area contributed by atoms with Crippen molar-refractivity contribution in [2.75, 3.05) is 12.1 Å². The number of aryl methyl sites for hydroxylation is 2.